The molecule has 0 saturated carbocycles. The highest BCUT2D eigenvalue weighted by atomic mass is 35.5. The maximum atomic E-state index is 11.9. The predicted octanol–water partition coefficient (Wildman–Crippen LogP) is 6.03. The number of alkyl halides is 1. The lowest BCUT2D eigenvalue weighted by Crippen LogP contribution is -2.19. The number of pyridine rings is 1. The Morgan fingerprint density at radius 1 is 1.17 bits per heavy atom. The largest absolute Gasteiger partial charge is 0.489 e. The molecule has 2 aromatic heterocycles. The van der Waals surface area contributed by atoms with Crippen molar-refractivity contribution in [3.8, 4) is 23.1 Å². The molecule has 4 rings (SSSR count). The molecule has 0 saturated heterocycles. The summed E-state index contributed by atoms with van der Waals surface area (Å²) in [6, 6.07) is 17.5. The number of fused-ring (bicyclic) bond motifs is 1. The molecule has 4 aromatic rings. The first-order valence-corrected chi connectivity index (χ1v) is 14.0. The molecular weight excluding hydrogens is 519 g/mol. The van der Waals surface area contributed by atoms with Gasteiger partial charge in [0.1, 0.15) is 12.7 Å². The number of ether oxygens (including phenoxy) is 1. The predicted molar refractivity (Wildman–Crippen MR) is 147 cm³/mol. The topological polar surface area (TPSA) is 101 Å². The van der Waals surface area contributed by atoms with Gasteiger partial charge in [-0.2, -0.15) is 10.2 Å². The van der Waals surface area contributed by atoms with Crippen LogP contribution in [-0.4, -0.2) is 38.8 Å². The van der Waals surface area contributed by atoms with Gasteiger partial charge in [-0.1, -0.05) is 49.7 Å². The van der Waals surface area contributed by atoms with Crippen LogP contribution in [-0.2, 0) is 15.1 Å². The van der Waals surface area contributed by atoms with Crippen molar-refractivity contribution in [2.45, 2.75) is 19.3 Å². The Balaban J connectivity index is 1.63. The van der Waals surface area contributed by atoms with Crippen molar-refractivity contribution in [1.82, 2.24) is 9.97 Å². The molecule has 1 N–H and O–H groups in total. The van der Waals surface area contributed by atoms with E-state index in [2.05, 4.69) is 40.5 Å². The molecule has 186 valence electrons. The van der Waals surface area contributed by atoms with Gasteiger partial charge in [0.05, 0.1) is 22.2 Å². The molecule has 1 atom stereocenters. The Kier molecular flexibility index (Phi) is 7.19. The summed E-state index contributed by atoms with van der Waals surface area (Å²) in [5.41, 5.74) is 4.33. The van der Waals surface area contributed by atoms with Gasteiger partial charge in [0.2, 0.25) is 5.65 Å². The van der Waals surface area contributed by atoms with Gasteiger partial charge in [0.15, 0.2) is 11.3 Å². The van der Waals surface area contributed by atoms with Crippen LogP contribution in [0.15, 0.2) is 52.9 Å². The van der Waals surface area contributed by atoms with Crippen LogP contribution in [0, 0.1) is 11.3 Å². The molecule has 0 aliphatic rings. The lowest BCUT2D eigenvalue weighted by Gasteiger charge is -2.27. The molecule has 10 heteroatoms. The van der Waals surface area contributed by atoms with Crippen molar-refractivity contribution in [2.75, 3.05) is 23.5 Å². The highest BCUT2D eigenvalue weighted by Gasteiger charge is 2.26. The molecule has 2 aromatic carbocycles. The van der Waals surface area contributed by atoms with E-state index in [1.54, 1.807) is 12.1 Å². The normalized spacial score (nSPS) is 13.2. The Hall–Kier alpha value is -3.25. The third kappa shape index (κ3) is 5.44. The summed E-state index contributed by atoms with van der Waals surface area (Å²) in [7, 11) is -2.52. The van der Waals surface area contributed by atoms with E-state index in [1.807, 2.05) is 36.4 Å². The van der Waals surface area contributed by atoms with E-state index in [9.17, 15) is 9.47 Å². The van der Waals surface area contributed by atoms with Gasteiger partial charge in [-0.3, -0.25) is 4.72 Å². The zero-order chi connectivity index (χ0) is 26.1. The summed E-state index contributed by atoms with van der Waals surface area (Å²) in [5.74, 6) is 4.19. The van der Waals surface area contributed by atoms with Gasteiger partial charge in [-0.15, -0.1) is 11.6 Å². The minimum atomic E-state index is -2.52. The first kappa shape index (κ1) is 25.8. The minimum Gasteiger partial charge on any atom is -0.489 e. The highest BCUT2D eigenvalue weighted by Crippen LogP contribution is 2.38. The summed E-state index contributed by atoms with van der Waals surface area (Å²) in [5, 5.41) is 10.0. The second kappa shape index (κ2) is 10.0. The van der Waals surface area contributed by atoms with Crippen molar-refractivity contribution in [3.63, 3.8) is 0 Å². The summed E-state index contributed by atoms with van der Waals surface area (Å²) in [4.78, 5) is 8.85. The number of rotatable bonds is 8. The lowest BCUT2D eigenvalue weighted by atomic mass is 9.77. The van der Waals surface area contributed by atoms with Crippen molar-refractivity contribution in [1.29, 1.82) is 5.26 Å². The second-order valence-electron chi connectivity index (χ2n) is 8.83. The fraction of sp³-hybridized carbons (Fsp3) is 0.231. The molecule has 0 aliphatic heterocycles. The number of oxazole rings is 1. The van der Waals surface area contributed by atoms with Crippen LogP contribution in [0.5, 0.6) is 5.75 Å². The number of nitrogens with zero attached hydrogens (tertiary/aromatic N) is 3. The first-order valence-electron chi connectivity index (χ1n) is 10.9. The van der Waals surface area contributed by atoms with E-state index in [0.717, 1.165) is 16.7 Å². The van der Waals surface area contributed by atoms with Crippen LogP contribution in [0.4, 0.5) is 6.01 Å². The molecule has 1 unspecified atom stereocenters. The zero-order valence-corrected chi connectivity index (χ0v) is 22.3. The number of nitrogens with one attached hydrogen (secondary N) is 1. The lowest BCUT2D eigenvalue weighted by molar-refractivity contribution is 0.341. The fourth-order valence-corrected chi connectivity index (χ4v) is 4.56. The maximum absolute atomic E-state index is 11.9. The number of benzene rings is 2. The quantitative estimate of drug-likeness (QED) is 0.215. The Bertz CT molecular complexity index is 1570. The summed E-state index contributed by atoms with van der Waals surface area (Å²) in [6.45, 7) is 4.40. The average molecular weight is 543 g/mol. The number of hydrogen-bond donors (Lipinski definition) is 1. The van der Waals surface area contributed by atoms with Gasteiger partial charge < -0.3 is 9.15 Å². The summed E-state index contributed by atoms with van der Waals surface area (Å²) < 4.78 is 25.7. The van der Waals surface area contributed by atoms with E-state index in [4.69, 9.17) is 32.4 Å². The minimum absolute atomic E-state index is 0.115. The fourth-order valence-electron chi connectivity index (χ4n) is 3.76. The van der Waals surface area contributed by atoms with Crippen molar-refractivity contribution < 1.29 is 13.4 Å². The summed E-state index contributed by atoms with van der Waals surface area (Å²) in [6.07, 6.45) is 1.46. The van der Waals surface area contributed by atoms with Crippen LogP contribution in [0.2, 0.25) is 5.02 Å². The standard InChI is InChI=1S/C26H24Cl2N4O3S/c1-26(2,19-13-17(15-29)23(20(28)14-19)34-12-11-27)18-7-5-16(6-8-18)21-9-10-22-24(30-21)31-25(35-22)32-36(3,4)33/h5-10,13-14H,3,11-12H2,1-2,4H3,(H,30,31,32,33). The third-order valence-electron chi connectivity index (χ3n) is 5.67. The molecule has 0 bridgehead atoms. The SMILES string of the molecule is C=S(C)(=O)Nc1nc2nc(-c3ccc(C(C)(C)c4cc(Cl)c(OCCCl)c(C#N)c4)cc3)ccc2o1. The molecule has 0 amide bonds. The van der Waals surface area contributed by atoms with E-state index < -0.39 is 15.1 Å². The van der Waals surface area contributed by atoms with E-state index in [0.29, 0.717) is 39.1 Å². The Morgan fingerprint density at radius 2 is 1.89 bits per heavy atom. The molecule has 0 aliphatic carbocycles. The monoisotopic (exact) mass is 542 g/mol. The van der Waals surface area contributed by atoms with E-state index in [1.165, 1.54) is 6.26 Å². The number of aromatic nitrogens is 2. The Morgan fingerprint density at radius 3 is 2.53 bits per heavy atom. The molecular formula is C26H24Cl2N4O3S. The van der Waals surface area contributed by atoms with Crippen molar-refractivity contribution in [3.05, 3.63) is 70.2 Å². The van der Waals surface area contributed by atoms with Gasteiger partial charge in [-0.25, -0.2) is 9.19 Å². The molecule has 2 heterocycles. The molecule has 7 nitrogen and oxygen atoms in total. The number of halogens is 2. The van der Waals surface area contributed by atoms with E-state index in [-0.39, 0.29) is 12.6 Å². The maximum Gasteiger partial charge on any atom is 0.308 e. The van der Waals surface area contributed by atoms with Crippen LogP contribution in [0.25, 0.3) is 22.5 Å². The number of nitriles is 1. The molecule has 0 fully saturated rings. The van der Waals surface area contributed by atoms with Gasteiger partial charge in [0, 0.05) is 26.9 Å². The first-order chi connectivity index (χ1) is 17.0. The van der Waals surface area contributed by atoms with Crippen LogP contribution < -0.4 is 9.46 Å². The average Bonchev–Trinajstić information content (AvgIpc) is 3.22. The molecule has 0 spiro atoms. The highest BCUT2D eigenvalue weighted by molar-refractivity contribution is 8.00. The van der Waals surface area contributed by atoms with E-state index >= 15 is 0 Å². The van der Waals surface area contributed by atoms with Crippen LogP contribution in [0.3, 0.4) is 0 Å². The second-order valence-corrected chi connectivity index (χ2v) is 11.8. The van der Waals surface area contributed by atoms with Crippen LogP contribution >= 0.6 is 23.2 Å². The smallest absolute Gasteiger partial charge is 0.308 e. The number of anilines is 1. The third-order valence-corrected chi connectivity index (χ3v) is 6.71. The van der Waals surface area contributed by atoms with Gasteiger partial charge >= 0.3 is 6.01 Å². The van der Waals surface area contributed by atoms with Gasteiger partial charge in [-0.05, 0) is 41.3 Å². The van der Waals surface area contributed by atoms with Crippen LogP contribution in [0.1, 0.15) is 30.5 Å². The zero-order valence-electron chi connectivity index (χ0n) is 20.0. The van der Waals surface area contributed by atoms with Gasteiger partial charge in [0.25, 0.3) is 0 Å². The van der Waals surface area contributed by atoms with Crippen molar-refractivity contribution in [2.24, 2.45) is 0 Å². The molecule has 0 radical (unpaired) electrons. The summed E-state index contributed by atoms with van der Waals surface area (Å²) >= 11 is 12.2. The Labute approximate surface area is 220 Å². The van der Waals surface area contributed by atoms with Crippen molar-refractivity contribution >= 4 is 56.0 Å². The molecule has 36 heavy (non-hydrogen) atoms. The number of hydrogen-bond acceptors (Lipinski definition) is 6.